The summed E-state index contributed by atoms with van der Waals surface area (Å²) in [5.74, 6) is 0.943. The Morgan fingerprint density at radius 3 is 1.38 bits per heavy atom. The van der Waals surface area contributed by atoms with E-state index in [4.69, 9.17) is 23.2 Å². The molecule has 0 fully saturated rings. The lowest BCUT2D eigenvalue weighted by Crippen LogP contribution is -2.06. The van der Waals surface area contributed by atoms with Crippen LogP contribution in [0.15, 0.2) is 46.2 Å². The first-order valence-electron chi connectivity index (χ1n) is 12.0. The van der Waals surface area contributed by atoms with Gasteiger partial charge in [0.2, 0.25) is 22.5 Å². The number of aryl methyl sites for hydroxylation is 2. The van der Waals surface area contributed by atoms with Gasteiger partial charge in [0, 0.05) is 24.2 Å². The molecule has 0 spiro atoms. The van der Waals surface area contributed by atoms with E-state index in [0.29, 0.717) is 24.5 Å². The normalized spacial score (nSPS) is 12.0. The van der Waals surface area contributed by atoms with Gasteiger partial charge in [0.25, 0.3) is 20.2 Å². The van der Waals surface area contributed by atoms with Crippen molar-refractivity contribution in [3.05, 3.63) is 69.7 Å². The van der Waals surface area contributed by atoms with Crippen molar-refractivity contribution < 1.29 is 25.9 Å². The predicted molar refractivity (Wildman–Crippen MR) is 156 cm³/mol. The molecule has 0 radical (unpaired) electrons. The average molecular weight is 654 g/mol. The number of rotatable bonds is 10. The van der Waals surface area contributed by atoms with Gasteiger partial charge in [0.1, 0.15) is 21.4 Å². The summed E-state index contributed by atoms with van der Waals surface area (Å²) < 4.78 is 68.6. The minimum absolute atomic E-state index is 0.0152. The minimum Gasteiger partial charge on any atom is -0.324 e. The standard InChI is InChI=1S/C24H22Cl2N8O6S2/c1-3-19-29-21(25)33-23(31-19)27-15-9-7-13(17(11-15)41(35,36)37)5-6-14-8-10-16(12-18(14)42(38,39)40)28-24-32-20(4-2)30-22(26)34-24/h5-12H,3-4H2,1-2H3,(H,35,36,37)(H,38,39,40)(H,27,29,31,33)(H,28,30,32,34)/b6-5+. The van der Waals surface area contributed by atoms with E-state index in [0.717, 1.165) is 12.1 Å². The van der Waals surface area contributed by atoms with Crippen molar-refractivity contribution in [2.24, 2.45) is 0 Å². The molecule has 18 heteroatoms. The van der Waals surface area contributed by atoms with E-state index in [1.165, 1.54) is 36.4 Å². The van der Waals surface area contributed by atoms with Crippen molar-refractivity contribution in [1.82, 2.24) is 29.9 Å². The van der Waals surface area contributed by atoms with E-state index in [1.54, 1.807) is 0 Å². The first-order chi connectivity index (χ1) is 19.7. The van der Waals surface area contributed by atoms with Crippen molar-refractivity contribution >= 4 is 78.9 Å². The second-order valence-corrected chi connectivity index (χ2v) is 11.9. The van der Waals surface area contributed by atoms with Gasteiger partial charge in [-0.3, -0.25) is 9.11 Å². The van der Waals surface area contributed by atoms with Gasteiger partial charge in [0.15, 0.2) is 0 Å². The van der Waals surface area contributed by atoms with Gasteiger partial charge in [-0.05, 0) is 58.6 Å². The van der Waals surface area contributed by atoms with Crippen molar-refractivity contribution in [2.45, 2.75) is 36.5 Å². The van der Waals surface area contributed by atoms with Gasteiger partial charge in [-0.2, -0.15) is 36.8 Å². The van der Waals surface area contributed by atoms with E-state index in [2.05, 4.69) is 40.5 Å². The Morgan fingerprint density at radius 1 is 0.667 bits per heavy atom. The summed E-state index contributed by atoms with van der Waals surface area (Å²) in [6.07, 6.45) is 3.48. The molecule has 0 aliphatic carbocycles. The van der Waals surface area contributed by atoms with Crippen LogP contribution in [-0.2, 0) is 33.1 Å². The van der Waals surface area contributed by atoms with Gasteiger partial charge in [-0.15, -0.1) is 0 Å². The summed E-state index contributed by atoms with van der Waals surface area (Å²) in [6, 6.07) is 7.98. The number of nitrogens with one attached hydrogen (secondary N) is 2. The molecule has 0 amide bonds. The van der Waals surface area contributed by atoms with Gasteiger partial charge in [0.05, 0.1) is 0 Å². The van der Waals surface area contributed by atoms with Crippen LogP contribution in [0.25, 0.3) is 12.2 Å². The maximum absolute atomic E-state index is 12.2. The molecule has 14 nitrogen and oxygen atoms in total. The van der Waals surface area contributed by atoms with Crippen molar-refractivity contribution in [3.8, 4) is 0 Å². The van der Waals surface area contributed by atoms with Crippen LogP contribution in [0.3, 0.4) is 0 Å². The molecule has 0 aliphatic heterocycles. The molecule has 0 aliphatic rings. The van der Waals surface area contributed by atoms with Crippen LogP contribution in [0, 0.1) is 0 Å². The lowest BCUT2D eigenvalue weighted by molar-refractivity contribution is 0.480. The molecule has 0 atom stereocenters. The number of benzene rings is 2. The lowest BCUT2D eigenvalue weighted by Gasteiger charge is -2.11. The molecule has 0 unspecified atom stereocenters. The Labute approximate surface area is 250 Å². The van der Waals surface area contributed by atoms with Crippen LogP contribution in [0.1, 0.15) is 36.6 Å². The molecule has 4 aromatic rings. The van der Waals surface area contributed by atoms with Crippen LogP contribution in [-0.4, -0.2) is 55.8 Å². The highest BCUT2D eigenvalue weighted by Gasteiger charge is 2.18. The highest BCUT2D eigenvalue weighted by molar-refractivity contribution is 7.86. The topological polar surface area (TPSA) is 210 Å². The zero-order valence-electron chi connectivity index (χ0n) is 21.8. The summed E-state index contributed by atoms with van der Waals surface area (Å²) in [6.45, 7) is 3.63. The number of nitrogens with zero attached hydrogens (tertiary/aromatic N) is 6. The molecule has 2 heterocycles. The van der Waals surface area contributed by atoms with Crippen molar-refractivity contribution in [2.75, 3.05) is 10.6 Å². The van der Waals surface area contributed by atoms with E-state index in [1.807, 2.05) is 13.8 Å². The molecule has 0 saturated carbocycles. The van der Waals surface area contributed by atoms with Crippen LogP contribution in [0.2, 0.25) is 10.6 Å². The molecule has 42 heavy (non-hydrogen) atoms. The fourth-order valence-electron chi connectivity index (χ4n) is 3.59. The van der Waals surface area contributed by atoms with Gasteiger partial charge >= 0.3 is 0 Å². The van der Waals surface area contributed by atoms with E-state index >= 15 is 0 Å². The third-order valence-electron chi connectivity index (χ3n) is 5.48. The highest BCUT2D eigenvalue weighted by Crippen LogP contribution is 2.28. The molecule has 4 rings (SSSR count). The molecular weight excluding hydrogens is 631 g/mol. The Kier molecular flexibility index (Phi) is 9.34. The van der Waals surface area contributed by atoms with Crippen molar-refractivity contribution in [1.29, 1.82) is 0 Å². The van der Waals surface area contributed by atoms with E-state index < -0.39 is 30.0 Å². The molecular formula is C24H22Cl2N8O6S2. The maximum atomic E-state index is 12.2. The molecule has 4 N–H and O–H groups in total. The number of halogens is 2. The Morgan fingerprint density at radius 2 is 1.05 bits per heavy atom. The second-order valence-electron chi connectivity index (χ2n) is 8.43. The zero-order valence-corrected chi connectivity index (χ0v) is 25.0. The molecule has 2 aromatic heterocycles. The van der Waals surface area contributed by atoms with Crippen LogP contribution in [0.5, 0.6) is 0 Å². The van der Waals surface area contributed by atoms with E-state index in [9.17, 15) is 25.9 Å². The van der Waals surface area contributed by atoms with Gasteiger partial charge < -0.3 is 10.6 Å². The Bertz CT molecular complexity index is 1770. The minimum atomic E-state index is -4.74. The predicted octanol–water partition coefficient (Wildman–Crippen LogP) is 4.64. The fourth-order valence-corrected chi connectivity index (χ4v) is 5.37. The van der Waals surface area contributed by atoms with Crippen LogP contribution in [0.4, 0.5) is 23.3 Å². The molecule has 0 saturated heterocycles. The summed E-state index contributed by atoms with van der Waals surface area (Å²) in [4.78, 5) is 23.2. The summed E-state index contributed by atoms with van der Waals surface area (Å²) in [5, 5.41) is 5.51. The smallest absolute Gasteiger partial charge is 0.295 e. The lowest BCUT2D eigenvalue weighted by atomic mass is 10.1. The highest BCUT2D eigenvalue weighted by atomic mass is 35.5. The number of anilines is 4. The monoisotopic (exact) mass is 652 g/mol. The number of hydrogen-bond donors (Lipinski definition) is 4. The first kappa shape index (κ1) is 31.1. The summed E-state index contributed by atoms with van der Waals surface area (Å²) >= 11 is 11.8. The molecule has 220 valence electrons. The van der Waals surface area contributed by atoms with Gasteiger partial charge in [-0.1, -0.05) is 38.1 Å². The molecule has 0 bridgehead atoms. The Hall–Kier alpha value is -3.80. The summed E-state index contributed by atoms with van der Waals surface area (Å²) in [7, 11) is -9.48. The number of hydrogen-bond acceptors (Lipinski definition) is 12. The largest absolute Gasteiger partial charge is 0.324 e. The van der Waals surface area contributed by atoms with Crippen LogP contribution >= 0.6 is 23.2 Å². The zero-order chi connectivity index (χ0) is 30.7. The third kappa shape index (κ3) is 7.93. The Balaban J connectivity index is 1.68. The summed E-state index contributed by atoms with van der Waals surface area (Å²) in [5.41, 5.74) is 0.452. The SMILES string of the molecule is CCc1nc(Cl)nc(Nc2ccc(/C=C/c3ccc(Nc4nc(Cl)nc(CC)n4)cc3S(=O)(=O)O)c(S(=O)(=O)O)c2)n1. The number of aromatic nitrogens is 6. The second kappa shape index (κ2) is 12.6. The van der Waals surface area contributed by atoms with E-state index in [-0.39, 0.29) is 45.0 Å². The fraction of sp³-hybridized carbons (Fsp3) is 0.167. The van der Waals surface area contributed by atoms with Crippen LogP contribution < -0.4 is 10.6 Å². The first-order valence-corrected chi connectivity index (χ1v) is 15.6. The van der Waals surface area contributed by atoms with Crippen molar-refractivity contribution in [3.63, 3.8) is 0 Å². The maximum Gasteiger partial charge on any atom is 0.295 e. The molecule has 2 aromatic carbocycles. The quantitative estimate of drug-likeness (QED) is 0.136. The third-order valence-corrected chi connectivity index (χ3v) is 7.64. The van der Waals surface area contributed by atoms with Gasteiger partial charge in [-0.25, -0.2) is 9.97 Å². The average Bonchev–Trinajstić information content (AvgIpc) is 2.91.